The van der Waals surface area contributed by atoms with Gasteiger partial charge >= 0.3 is 0 Å². The lowest BCUT2D eigenvalue weighted by atomic mass is 10.3. The highest BCUT2D eigenvalue weighted by atomic mass is 19.3. The van der Waals surface area contributed by atoms with Gasteiger partial charge in [-0.25, -0.2) is 18.7 Å². The Hall–Kier alpha value is -4.17. The van der Waals surface area contributed by atoms with Gasteiger partial charge in [0.05, 0.1) is 37.7 Å². The molecule has 1 aliphatic rings. The van der Waals surface area contributed by atoms with Crippen LogP contribution in [0.15, 0.2) is 36.5 Å². The molecular weight excluding hydrogens is 534 g/mol. The summed E-state index contributed by atoms with van der Waals surface area (Å²) >= 11 is 0. The number of rotatable bonds is 11. The van der Waals surface area contributed by atoms with Gasteiger partial charge in [-0.2, -0.15) is 15.0 Å². The second-order valence-electron chi connectivity index (χ2n) is 9.90. The fourth-order valence-corrected chi connectivity index (χ4v) is 4.58. The van der Waals surface area contributed by atoms with Crippen molar-refractivity contribution in [3.8, 4) is 11.7 Å². The van der Waals surface area contributed by atoms with Crippen LogP contribution in [0.2, 0.25) is 0 Å². The number of hydrogen-bond acceptors (Lipinski definition) is 11. The lowest BCUT2D eigenvalue weighted by Gasteiger charge is -2.27. The van der Waals surface area contributed by atoms with E-state index in [9.17, 15) is 8.78 Å². The smallest absolute Gasteiger partial charge is 0.296 e. The number of ether oxygens (including phenoxy) is 2. The third-order valence-electron chi connectivity index (χ3n) is 6.69. The van der Waals surface area contributed by atoms with E-state index in [2.05, 4.69) is 54.1 Å². The summed E-state index contributed by atoms with van der Waals surface area (Å²) in [4.78, 5) is 28.7. The number of morpholine rings is 1. The van der Waals surface area contributed by atoms with Crippen molar-refractivity contribution >= 4 is 34.4 Å². The molecule has 0 amide bonds. The van der Waals surface area contributed by atoms with Gasteiger partial charge in [0, 0.05) is 26.7 Å². The molecule has 3 aromatic heterocycles. The number of para-hydroxylation sites is 1. The van der Waals surface area contributed by atoms with E-state index in [1.54, 1.807) is 24.4 Å². The molecule has 1 fully saturated rings. The van der Waals surface area contributed by atoms with Crippen LogP contribution in [0, 0.1) is 0 Å². The molecule has 14 heteroatoms. The summed E-state index contributed by atoms with van der Waals surface area (Å²) < 4.78 is 40.6. The van der Waals surface area contributed by atoms with Gasteiger partial charge in [-0.3, -0.25) is 4.57 Å². The second kappa shape index (κ2) is 12.6. The number of halogens is 2. The largest absolute Gasteiger partial charge is 0.494 e. The van der Waals surface area contributed by atoms with E-state index in [1.165, 1.54) is 11.7 Å². The first kappa shape index (κ1) is 28.4. The molecule has 0 atom stereocenters. The van der Waals surface area contributed by atoms with Crippen LogP contribution in [-0.4, -0.2) is 102 Å². The maximum atomic E-state index is 14.3. The molecule has 41 heavy (non-hydrogen) atoms. The fraction of sp³-hybridized carbons (Fsp3) is 0.444. The summed E-state index contributed by atoms with van der Waals surface area (Å²) in [6, 6.07) is 8.85. The SMILES string of the molecule is COc1cccc2c1nc(C(F)F)n2-c1nc(Nc2ccc(N(C)CCCN(C)C)nc2)nc(N2CCOCC2)n1. The van der Waals surface area contributed by atoms with Crippen molar-refractivity contribution in [2.24, 2.45) is 0 Å². The first-order valence-electron chi connectivity index (χ1n) is 13.4. The first-order chi connectivity index (χ1) is 19.8. The van der Waals surface area contributed by atoms with Crippen LogP contribution in [0.1, 0.15) is 18.7 Å². The van der Waals surface area contributed by atoms with Crippen LogP contribution in [0.4, 0.5) is 32.2 Å². The molecule has 0 unspecified atom stereocenters. The van der Waals surface area contributed by atoms with Crippen molar-refractivity contribution < 1.29 is 18.3 Å². The number of hydrogen-bond donors (Lipinski definition) is 1. The van der Waals surface area contributed by atoms with Crippen LogP contribution in [0.3, 0.4) is 0 Å². The molecule has 12 nitrogen and oxygen atoms in total. The molecule has 1 saturated heterocycles. The lowest BCUT2D eigenvalue weighted by Crippen LogP contribution is -2.37. The van der Waals surface area contributed by atoms with Gasteiger partial charge in [0.2, 0.25) is 17.8 Å². The number of anilines is 4. The number of nitrogens with zero attached hydrogens (tertiary/aromatic N) is 9. The molecule has 1 aromatic carbocycles. The predicted octanol–water partition coefficient (Wildman–Crippen LogP) is 3.52. The number of methoxy groups -OCH3 is 1. The van der Waals surface area contributed by atoms with Gasteiger partial charge in [0.25, 0.3) is 6.43 Å². The monoisotopic (exact) mass is 568 g/mol. The first-order valence-corrected chi connectivity index (χ1v) is 13.4. The van der Waals surface area contributed by atoms with Crippen LogP contribution in [0.5, 0.6) is 5.75 Å². The zero-order valence-corrected chi connectivity index (χ0v) is 23.6. The Balaban J connectivity index is 1.50. The van der Waals surface area contributed by atoms with E-state index >= 15 is 0 Å². The highest BCUT2D eigenvalue weighted by molar-refractivity contribution is 5.84. The Kier molecular flexibility index (Phi) is 8.69. The number of nitrogens with one attached hydrogen (secondary N) is 1. The lowest BCUT2D eigenvalue weighted by molar-refractivity contribution is 0.122. The minimum atomic E-state index is -2.88. The minimum absolute atomic E-state index is 0.0141. The van der Waals surface area contributed by atoms with Gasteiger partial charge in [-0.05, 0) is 51.3 Å². The highest BCUT2D eigenvalue weighted by Crippen LogP contribution is 2.32. The molecule has 4 heterocycles. The highest BCUT2D eigenvalue weighted by Gasteiger charge is 2.26. The standard InChI is InChI=1S/C27H34F2N10O2/c1-36(2)11-6-12-37(3)21-10-9-18(17-30-21)31-25-33-26(38-13-15-41-16-14-38)35-27(34-25)39-19-7-5-8-20(40-4)22(19)32-24(39)23(28)29/h5,7-10,17,23H,6,11-16H2,1-4H3,(H,31,33,34,35). The van der Waals surface area contributed by atoms with E-state index in [-0.39, 0.29) is 11.9 Å². The Morgan fingerprint density at radius 3 is 2.46 bits per heavy atom. The number of imidazole rings is 1. The summed E-state index contributed by atoms with van der Waals surface area (Å²) in [6.45, 7) is 3.98. The van der Waals surface area contributed by atoms with Gasteiger partial charge in [0.1, 0.15) is 17.1 Å². The van der Waals surface area contributed by atoms with Gasteiger partial charge in [-0.15, -0.1) is 0 Å². The number of aromatic nitrogens is 6. The molecule has 5 rings (SSSR count). The summed E-state index contributed by atoms with van der Waals surface area (Å²) in [6.07, 6.45) is -0.172. The maximum absolute atomic E-state index is 14.3. The molecule has 0 saturated carbocycles. The predicted molar refractivity (Wildman–Crippen MR) is 153 cm³/mol. The van der Waals surface area contributed by atoms with E-state index in [4.69, 9.17) is 9.47 Å². The Morgan fingerprint density at radius 1 is 1.00 bits per heavy atom. The Morgan fingerprint density at radius 2 is 1.78 bits per heavy atom. The van der Waals surface area contributed by atoms with E-state index in [1.807, 2.05) is 24.1 Å². The molecule has 4 aromatic rings. The molecule has 1 aliphatic heterocycles. The van der Waals surface area contributed by atoms with Crippen molar-refractivity contribution in [3.05, 3.63) is 42.4 Å². The molecule has 218 valence electrons. The van der Waals surface area contributed by atoms with Crippen LogP contribution in [-0.2, 0) is 4.74 Å². The third kappa shape index (κ3) is 6.43. The van der Waals surface area contributed by atoms with Crippen molar-refractivity contribution in [3.63, 3.8) is 0 Å². The average molecular weight is 569 g/mol. The van der Waals surface area contributed by atoms with Crippen LogP contribution >= 0.6 is 0 Å². The summed E-state index contributed by atoms with van der Waals surface area (Å²) in [5.74, 6) is 1.27. The van der Waals surface area contributed by atoms with E-state index < -0.39 is 12.2 Å². The van der Waals surface area contributed by atoms with Gasteiger partial charge in [0.15, 0.2) is 5.82 Å². The molecular formula is C27H34F2N10O2. The molecule has 0 radical (unpaired) electrons. The number of pyridine rings is 1. The average Bonchev–Trinajstić information content (AvgIpc) is 3.38. The molecule has 0 spiro atoms. The number of alkyl halides is 2. The molecule has 0 aliphatic carbocycles. The van der Waals surface area contributed by atoms with Gasteiger partial charge in [-0.1, -0.05) is 6.07 Å². The maximum Gasteiger partial charge on any atom is 0.296 e. The van der Waals surface area contributed by atoms with Crippen molar-refractivity contribution in [1.29, 1.82) is 0 Å². The quantitative estimate of drug-likeness (QED) is 0.287. The molecule has 0 bridgehead atoms. The summed E-state index contributed by atoms with van der Waals surface area (Å²) in [5.41, 5.74) is 1.34. The summed E-state index contributed by atoms with van der Waals surface area (Å²) in [5, 5.41) is 3.18. The third-order valence-corrected chi connectivity index (χ3v) is 6.69. The van der Waals surface area contributed by atoms with Crippen LogP contribution < -0.4 is 19.9 Å². The Bertz CT molecular complexity index is 1460. The molecule has 1 N–H and O–H groups in total. The normalized spacial score (nSPS) is 13.8. The number of fused-ring (bicyclic) bond motifs is 1. The number of benzene rings is 1. The van der Waals surface area contributed by atoms with Crippen molar-refractivity contribution in [1.82, 2.24) is 34.4 Å². The fourth-order valence-electron chi connectivity index (χ4n) is 4.58. The topological polar surface area (TPSA) is 110 Å². The van der Waals surface area contributed by atoms with Gasteiger partial charge < -0.3 is 29.5 Å². The second-order valence-corrected chi connectivity index (χ2v) is 9.90. The van der Waals surface area contributed by atoms with Crippen LogP contribution in [0.25, 0.3) is 17.0 Å². The van der Waals surface area contributed by atoms with Crippen molar-refractivity contribution in [2.75, 3.05) is 82.8 Å². The zero-order chi connectivity index (χ0) is 28.9. The zero-order valence-electron chi connectivity index (χ0n) is 23.6. The van der Waals surface area contributed by atoms with Crippen molar-refractivity contribution in [2.45, 2.75) is 12.8 Å². The van der Waals surface area contributed by atoms with E-state index in [0.29, 0.717) is 54.7 Å². The van der Waals surface area contributed by atoms with E-state index in [0.717, 1.165) is 25.3 Å². The summed E-state index contributed by atoms with van der Waals surface area (Å²) in [7, 11) is 7.58. The Labute approximate surface area is 237 Å². The minimum Gasteiger partial charge on any atom is -0.494 e.